The zero-order valence-electron chi connectivity index (χ0n) is 11.3. The molecule has 0 spiro atoms. The first kappa shape index (κ1) is 13.8. The molecule has 0 aliphatic carbocycles. The molecule has 4 heteroatoms. The Morgan fingerprint density at radius 2 is 1.90 bits per heavy atom. The summed E-state index contributed by atoms with van der Waals surface area (Å²) in [6.45, 7) is 1.13. The Labute approximate surface area is 118 Å². The highest BCUT2D eigenvalue weighted by molar-refractivity contribution is 5.60. The van der Waals surface area contributed by atoms with Gasteiger partial charge in [-0.1, -0.05) is 18.2 Å². The molecule has 0 amide bonds. The van der Waals surface area contributed by atoms with Crippen LogP contribution < -0.4 is 14.8 Å². The molecule has 20 heavy (non-hydrogen) atoms. The van der Waals surface area contributed by atoms with Crippen molar-refractivity contribution < 1.29 is 9.47 Å². The lowest BCUT2D eigenvalue weighted by molar-refractivity contribution is 0.333. The van der Waals surface area contributed by atoms with Crippen molar-refractivity contribution in [1.82, 2.24) is 0 Å². The van der Waals surface area contributed by atoms with Gasteiger partial charge in [0.15, 0.2) is 0 Å². The quantitative estimate of drug-likeness (QED) is 0.818. The number of para-hydroxylation sites is 1. The summed E-state index contributed by atoms with van der Waals surface area (Å²) in [6, 6.07) is 17.1. The molecular weight excluding hydrogens is 252 g/mol. The second kappa shape index (κ2) is 7.05. The minimum absolute atomic E-state index is 0.520. The van der Waals surface area contributed by atoms with E-state index >= 15 is 0 Å². The summed E-state index contributed by atoms with van der Waals surface area (Å²) in [6.07, 6.45) is 0. The normalized spacial score (nSPS) is 9.60. The van der Waals surface area contributed by atoms with Crippen molar-refractivity contribution in [3.05, 3.63) is 54.1 Å². The second-order valence-corrected chi connectivity index (χ2v) is 4.11. The molecule has 4 nitrogen and oxygen atoms in total. The van der Waals surface area contributed by atoms with Crippen LogP contribution in [-0.2, 0) is 0 Å². The Kier molecular flexibility index (Phi) is 4.85. The molecule has 0 heterocycles. The Bertz CT molecular complexity index is 591. The van der Waals surface area contributed by atoms with E-state index in [0.717, 1.165) is 17.2 Å². The number of nitriles is 1. The number of benzene rings is 2. The van der Waals surface area contributed by atoms with Crippen LogP contribution in [0.15, 0.2) is 48.5 Å². The number of ether oxygens (including phenoxy) is 2. The van der Waals surface area contributed by atoms with Gasteiger partial charge in [-0.25, -0.2) is 0 Å². The minimum atomic E-state index is 0.520. The molecule has 0 aromatic heterocycles. The Morgan fingerprint density at radius 3 is 2.60 bits per heavy atom. The number of anilines is 1. The molecular formula is C16H16N2O2. The van der Waals surface area contributed by atoms with E-state index in [1.807, 2.05) is 30.3 Å². The molecule has 0 bridgehead atoms. The number of nitrogens with zero attached hydrogens (tertiary/aromatic N) is 1. The predicted molar refractivity (Wildman–Crippen MR) is 78.1 cm³/mol. The maximum atomic E-state index is 9.05. The molecule has 0 fully saturated rings. The van der Waals surface area contributed by atoms with Crippen molar-refractivity contribution in [3.63, 3.8) is 0 Å². The van der Waals surface area contributed by atoms with Crippen molar-refractivity contribution >= 4 is 5.69 Å². The van der Waals surface area contributed by atoms with Crippen molar-refractivity contribution in [2.24, 2.45) is 0 Å². The van der Waals surface area contributed by atoms with E-state index in [0.29, 0.717) is 18.7 Å². The molecule has 102 valence electrons. The van der Waals surface area contributed by atoms with Crippen LogP contribution in [0.3, 0.4) is 0 Å². The molecule has 0 saturated carbocycles. The average molecular weight is 268 g/mol. The van der Waals surface area contributed by atoms with E-state index in [2.05, 4.69) is 11.4 Å². The molecule has 0 radical (unpaired) electrons. The monoisotopic (exact) mass is 268 g/mol. The van der Waals surface area contributed by atoms with Crippen molar-refractivity contribution in [3.8, 4) is 17.6 Å². The van der Waals surface area contributed by atoms with Gasteiger partial charge in [0.1, 0.15) is 24.2 Å². The molecule has 0 saturated heterocycles. The van der Waals surface area contributed by atoms with Crippen LogP contribution in [0.25, 0.3) is 0 Å². The van der Waals surface area contributed by atoms with Gasteiger partial charge in [-0.15, -0.1) is 0 Å². The van der Waals surface area contributed by atoms with Crippen LogP contribution >= 0.6 is 0 Å². The maximum absolute atomic E-state index is 9.05. The third-order valence-electron chi connectivity index (χ3n) is 2.78. The fourth-order valence-electron chi connectivity index (χ4n) is 1.77. The molecule has 2 aromatic carbocycles. The number of hydrogen-bond donors (Lipinski definition) is 1. The Balaban J connectivity index is 1.89. The van der Waals surface area contributed by atoms with Gasteiger partial charge >= 0.3 is 0 Å². The summed E-state index contributed by atoms with van der Waals surface area (Å²) in [5, 5.41) is 12.2. The van der Waals surface area contributed by atoms with Gasteiger partial charge in [-0.3, -0.25) is 0 Å². The Hall–Kier alpha value is -2.67. The molecule has 2 aromatic rings. The predicted octanol–water partition coefficient (Wildman–Crippen LogP) is 3.06. The molecule has 0 aliphatic heterocycles. The molecule has 1 N–H and O–H groups in total. The van der Waals surface area contributed by atoms with E-state index in [4.69, 9.17) is 14.7 Å². The van der Waals surface area contributed by atoms with Gasteiger partial charge in [0.05, 0.1) is 18.4 Å². The van der Waals surface area contributed by atoms with E-state index in [9.17, 15) is 0 Å². The van der Waals surface area contributed by atoms with Crippen LogP contribution in [0.2, 0.25) is 0 Å². The average Bonchev–Trinajstić information content (AvgIpc) is 2.52. The number of rotatable bonds is 6. The van der Waals surface area contributed by atoms with Gasteiger partial charge in [-0.2, -0.15) is 5.26 Å². The first-order valence-electron chi connectivity index (χ1n) is 6.33. The van der Waals surface area contributed by atoms with Crippen LogP contribution in [0, 0.1) is 11.3 Å². The largest absolute Gasteiger partial charge is 0.497 e. The smallest absolute Gasteiger partial charge is 0.121 e. The van der Waals surface area contributed by atoms with E-state index in [1.165, 1.54) is 0 Å². The summed E-state index contributed by atoms with van der Waals surface area (Å²) in [7, 11) is 1.60. The first-order valence-corrected chi connectivity index (χ1v) is 6.33. The number of methoxy groups -OCH3 is 1. The highest BCUT2D eigenvalue weighted by Gasteiger charge is 2.03. The molecule has 0 atom stereocenters. The number of nitrogens with one attached hydrogen (secondary N) is 1. The van der Waals surface area contributed by atoms with Gasteiger partial charge in [0.25, 0.3) is 0 Å². The van der Waals surface area contributed by atoms with Gasteiger partial charge in [0, 0.05) is 12.6 Å². The Morgan fingerprint density at radius 1 is 1.10 bits per heavy atom. The summed E-state index contributed by atoms with van der Waals surface area (Å²) < 4.78 is 10.7. The summed E-state index contributed by atoms with van der Waals surface area (Å²) in [5.41, 5.74) is 1.34. The summed E-state index contributed by atoms with van der Waals surface area (Å²) in [5.74, 6) is 1.55. The van der Waals surface area contributed by atoms with Crippen molar-refractivity contribution in [2.75, 3.05) is 25.6 Å². The molecule has 2 rings (SSSR count). The maximum Gasteiger partial charge on any atom is 0.121 e. The fraction of sp³-hybridized carbons (Fsp3) is 0.188. The standard InChI is InChI=1S/C16H16N2O2/c1-19-15-8-7-13(12-17)16(11-15)18-9-10-20-14-5-3-2-4-6-14/h2-8,11,18H,9-10H2,1H3. The van der Waals surface area contributed by atoms with Gasteiger partial charge in [-0.05, 0) is 24.3 Å². The minimum Gasteiger partial charge on any atom is -0.497 e. The lowest BCUT2D eigenvalue weighted by atomic mass is 10.2. The third-order valence-corrected chi connectivity index (χ3v) is 2.78. The van der Waals surface area contributed by atoms with Gasteiger partial charge < -0.3 is 14.8 Å². The first-order chi connectivity index (χ1) is 9.83. The molecule has 0 unspecified atom stereocenters. The highest BCUT2D eigenvalue weighted by Crippen LogP contribution is 2.21. The zero-order chi connectivity index (χ0) is 14.2. The van der Waals surface area contributed by atoms with Crippen molar-refractivity contribution in [2.45, 2.75) is 0 Å². The number of hydrogen-bond acceptors (Lipinski definition) is 4. The lowest BCUT2D eigenvalue weighted by Crippen LogP contribution is -2.12. The fourth-order valence-corrected chi connectivity index (χ4v) is 1.77. The topological polar surface area (TPSA) is 54.3 Å². The van der Waals surface area contributed by atoms with E-state index in [1.54, 1.807) is 25.3 Å². The van der Waals surface area contributed by atoms with Crippen LogP contribution in [0.5, 0.6) is 11.5 Å². The summed E-state index contributed by atoms with van der Waals surface area (Å²) in [4.78, 5) is 0. The SMILES string of the molecule is COc1ccc(C#N)c(NCCOc2ccccc2)c1. The second-order valence-electron chi connectivity index (χ2n) is 4.11. The van der Waals surface area contributed by atoms with Crippen LogP contribution in [-0.4, -0.2) is 20.3 Å². The van der Waals surface area contributed by atoms with Crippen LogP contribution in [0.1, 0.15) is 5.56 Å². The third kappa shape index (κ3) is 3.66. The zero-order valence-corrected chi connectivity index (χ0v) is 11.3. The van der Waals surface area contributed by atoms with Gasteiger partial charge in [0.2, 0.25) is 0 Å². The highest BCUT2D eigenvalue weighted by atomic mass is 16.5. The van der Waals surface area contributed by atoms with Crippen molar-refractivity contribution in [1.29, 1.82) is 5.26 Å². The molecule has 0 aliphatic rings. The van der Waals surface area contributed by atoms with E-state index < -0.39 is 0 Å². The lowest BCUT2D eigenvalue weighted by Gasteiger charge is -2.11. The van der Waals surface area contributed by atoms with E-state index in [-0.39, 0.29) is 0 Å². The summed E-state index contributed by atoms with van der Waals surface area (Å²) >= 11 is 0. The van der Waals surface area contributed by atoms with Crippen LogP contribution in [0.4, 0.5) is 5.69 Å².